The van der Waals surface area contributed by atoms with Crippen LogP contribution in [0.1, 0.15) is 5.82 Å². The van der Waals surface area contributed by atoms with Crippen LogP contribution in [0.5, 0.6) is 0 Å². The van der Waals surface area contributed by atoms with Crippen molar-refractivity contribution in [3.63, 3.8) is 0 Å². The van der Waals surface area contributed by atoms with Gasteiger partial charge in [0.1, 0.15) is 11.9 Å². The maximum Gasteiger partial charge on any atom is 0.265 e. The molecule has 0 radical (unpaired) electrons. The van der Waals surface area contributed by atoms with E-state index in [4.69, 9.17) is 16.7 Å². The van der Waals surface area contributed by atoms with Gasteiger partial charge in [-0.1, -0.05) is 11.6 Å². The molecule has 0 saturated heterocycles. The molecule has 20 heavy (non-hydrogen) atoms. The molecule has 2 rings (SSSR count). The summed E-state index contributed by atoms with van der Waals surface area (Å²) in [6, 6.07) is 4.68. The van der Waals surface area contributed by atoms with Crippen LogP contribution in [0.15, 0.2) is 23.0 Å². The number of fused-ring (bicyclic) bond motifs is 1. The molecule has 0 aliphatic heterocycles. The van der Waals surface area contributed by atoms with E-state index < -0.39 is 12.5 Å². The summed E-state index contributed by atoms with van der Waals surface area (Å²) in [5.74, 6) is 0.284. The van der Waals surface area contributed by atoms with E-state index in [0.717, 1.165) is 0 Å². The molecule has 1 atom stereocenters. The Labute approximate surface area is 117 Å². The Bertz CT molecular complexity index is 663. The Balaban J connectivity index is 2.13. The van der Waals surface area contributed by atoms with Crippen LogP contribution in [0, 0.1) is 0 Å². The van der Waals surface area contributed by atoms with Crippen LogP contribution >= 0.6 is 11.6 Å². The van der Waals surface area contributed by atoms with Gasteiger partial charge in [0.25, 0.3) is 12.0 Å². The van der Waals surface area contributed by atoms with Crippen molar-refractivity contribution in [2.75, 3.05) is 6.54 Å². The zero-order valence-corrected chi connectivity index (χ0v) is 11.0. The van der Waals surface area contributed by atoms with Crippen molar-refractivity contribution in [3.05, 3.63) is 39.4 Å². The van der Waals surface area contributed by atoms with Gasteiger partial charge in [0.05, 0.1) is 17.4 Å². The molecule has 0 bridgehead atoms. The van der Waals surface area contributed by atoms with Crippen molar-refractivity contribution < 1.29 is 13.9 Å². The first-order chi connectivity index (χ1) is 9.47. The summed E-state index contributed by atoms with van der Waals surface area (Å²) < 4.78 is 24.2. The molecule has 1 aromatic heterocycles. The number of halogens is 3. The standard InChI is InChI=1S/C12H12ClF2N3O2/c13-6-1-2-7-8(3-6)17-10(18-12(7)20)5-16-4-9(19)11(14)15/h1-3,9,11,16,19H,4-5H2,(H,17,18,20). The number of benzene rings is 1. The lowest BCUT2D eigenvalue weighted by atomic mass is 10.2. The van der Waals surface area contributed by atoms with Gasteiger partial charge in [0.2, 0.25) is 0 Å². The van der Waals surface area contributed by atoms with Crippen LogP contribution in [0.25, 0.3) is 10.9 Å². The number of aromatic amines is 1. The maximum atomic E-state index is 12.1. The number of rotatable bonds is 5. The number of H-pyrrole nitrogens is 1. The van der Waals surface area contributed by atoms with Crippen molar-refractivity contribution in [2.45, 2.75) is 19.1 Å². The third kappa shape index (κ3) is 3.50. The summed E-state index contributed by atoms with van der Waals surface area (Å²) in [5.41, 5.74) is 0.0883. The van der Waals surface area contributed by atoms with Crippen molar-refractivity contribution in [1.82, 2.24) is 15.3 Å². The summed E-state index contributed by atoms with van der Waals surface area (Å²) in [6.45, 7) is -0.240. The largest absolute Gasteiger partial charge is 0.386 e. The quantitative estimate of drug-likeness (QED) is 0.778. The van der Waals surface area contributed by atoms with Gasteiger partial charge >= 0.3 is 0 Å². The van der Waals surface area contributed by atoms with E-state index in [0.29, 0.717) is 15.9 Å². The lowest BCUT2D eigenvalue weighted by Gasteiger charge is -2.10. The van der Waals surface area contributed by atoms with Crippen molar-refractivity contribution in [2.24, 2.45) is 0 Å². The summed E-state index contributed by atoms with van der Waals surface area (Å²) >= 11 is 5.82. The predicted molar refractivity (Wildman–Crippen MR) is 71.1 cm³/mol. The zero-order valence-electron chi connectivity index (χ0n) is 10.2. The van der Waals surface area contributed by atoms with E-state index in [-0.39, 0.29) is 24.5 Å². The summed E-state index contributed by atoms with van der Waals surface area (Å²) in [4.78, 5) is 18.5. The van der Waals surface area contributed by atoms with Gasteiger partial charge in [-0.3, -0.25) is 4.79 Å². The van der Waals surface area contributed by atoms with Crippen LogP contribution in [0.4, 0.5) is 8.78 Å². The first-order valence-corrected chi connectivity index (χ1v) is 6.20. The molecule has 0 fully saturated rings. The number of alkyl halides is 2. The monoisotopic (exact) mass is 303 g/mol. The molecule has 3 N–H and O–H groups in total. The van der Waals surface area contributed by atoms with Gasteiger partial charge in [0, 0.05) is 11.6 Å². The smallest absolute Gasteiger partial charge is 0.265 e. The van der Waals surface area contributed by atoms with Crippen LogP contribution in [0.2, 0.25) is 5.02 Å². The lowest BCUT2D eigenvalue weighted by Crippen LogP contribution is -2.32. The van der Waals surface area contributed by atoms with Gasteiger partial charge in [-0.05, 0) is 18.2 Å². The Morgan fingerprint density at radius 1 is 1.45 bits per heavy atom. The second-order valence-corrected chi connectivity index (χ2v) is 4.64. The first kappa shape index (κ1) is 14.8. The topological polar surface area (TPSA) is 78.0 Å². The Kier molecular flexibility index (Phi) is 4.64. The van der Waals surface area contributed by atoms with Gasteiger partial charge in [-0.2, -0.15) is 0 Å². The molecule has 8 heteroatoms. The molecule has 0 aliphatic rings. The van der Waals surface area contributed by atoms with Gasteiger partial charge < -0.3 is 15.4 Å². The van der Waals surface area contributed by atoms with Gasteiger partial charge in [0.15, 0.2) is 0 Å². The number of aromatic nitrogens is 2. The predicted octanol–water partition coefficient (Wildman–Crippen LogP) is 1.29. The molecule has 0 aliphatic carbocycles. The van der Waals surface area contributed by atoms with Gasteiger partial charge in [-0.25, -0.2) is 13.8 Å². The molecule has 1 unspecified atom stereocenters. The second kappa shape index (κ2) is 6.25. The Morgan fingerprint density at radius 3 is 2.90 bits per heavy atom. The first-order valence-electron chi connectivity index (χ1n) is 5.83. The van der Waals surface area contributed by atoms with E-state index in [9.17, 15) is 13.6 Å². The number of aliphatic hydroxyl groups excluding tert-OH is 1. The van der Waals surface area contributed by atoms with E-state index in [2.05, 4.69) is 15.3 Å². The minimum Gasteiger partial charge on any atom is -0.386 e. The Morgan fingerprint density at radius 2 is 2.20 bits per heavy atom. The fourth-order valence-electron chi connectivity index (χ4n) is 1.67. The number of aliphatic hydroxyl groups is 1. The highest BCUT2D eigenvalue weighted by atomic mass is 35.5. The second-order valence-electron chi connectivity index (χ2n) is 4.21. The normalized spacial score (nSPS) is 13.1. The lowest BCUT2D eigenvalue weighted by molar-refractivity contribution is -0.00348. The summed E-state index contributed by atoms with van der Waals surface area (Å²) in [5, 5.41) is 12.4. The molecular weight excluding hydrogens is 292 g/mol. The molecular formula is C12H12ClF2N3O2. The third-order valence-corrected chi connectivity index (χ3v) is 2.89. The highest BCUT2D eigenvalue weighted by Crippen LogP contribution is 2.14. The van der Waals surface area contributed by atoms with E-state index in [1.54, 1.807) is 18.2 Å². The van der Waals surface area contributed by atoms with Crippen molar-refractivity contribution in [3.8, 4) is 0 Å². The SMILES string of the molecule is O=c1[nH]c(CNCC(O)C(F)F)nc2cc(Cl)ccc12. The molecule has 0 amide bonds. The highest BCUT2D eigenvalue weighted by Gasteiger charge is 2.15. The number of nitrogens with zero attached hydrogens (tertiary/aromatic N) is 1. The summed E-state index contributed by atoms with van der Waals surface area (Å²) in [6.07, 6.45) is -4.57. The Hall–Kier alpha value is -1.57. The fourth-order valence-corrected chi connectivity index (χ4v) is 1.84. The van der Waals surface area contributed by atoms with E-state index >= 15 is 0 Å². The minimum atomic E-state index is -2.81. The third-order valence-electron chi connectivity index (χ3n) is 2.65. The number of hydrogen-bond donors (Lipinski definition) is 3. The molecule has 5 nitrogen and oxygen atoms in total. The van der Waals surface area contributed by atoms with Gasteiger partial charge in [-0.15, -0.1) is 0 Å². The van der Waals surface area contributed by atoms with E-state index in [1.165, 1.54) is 0 Å². The number of nitrogens with one attached hydrogen (secondary N) is 2. The molecule has 1 aromatic carbocycles. The van der Waals surface area contributed by atoms with Crippen LogP contribution < -0.4 is 10.9 Å². The van der Waals surface area contributed by atoms with Crippen molar-refractivity contribution in [1.29, 1.82) is 0 Å². The van der Waals surface area contributed by atoms with Crippen LogP contribution in [-0.4, -0.2) is 34.1 Å². The van der Waals surface area contributed by atoms with E-state index in [1.807, 2.05) is 0 Å². The molecule has 0 spiro atoms. The molecule has 0 saturated carbocycles. The maximum absolute atomic E-state index is 12.1. The zero-order chi connectivity index (χ0) is 14.7. The fraction of sp³-hybridized carbons (Fsp3) is 0.333. The minimum absolute atomic E-state index is 0.0570. The van der Waals surface area contributed by atoms with Crippen molar-refractivity contribution >= 4 is 22.5 Å². The average molecular weight is 304 g/mol. The molecule has 1 heterocycles. The summed E-state index contributed by atoms with van der Waals surface area (Å²) in [7, 11) is 0. The molecule has 108 valence electrons. The molecule has 2 aromatic rings. The van der Waals surface area contributed by atoms with Crippen LogP contribution in [-0.2, 0) is 6.54 Å². The highest BCUT2D eigenvalue weighted by molar-refractivity contribution is 6.31. The average Bonchev–Trinajstić information content (AvgIpc) is 2.37. The number of hydrogen-bond acceptors (Lipinski definition) is 4. The van der Waals surface area contributed by atoms with Crippen LogP contribution in [0.3, 0.4) is 0 Å².